The van der Waals surface area contributed by atoms with Gasteiger partial charge in [-0.15, -0.1) is 0 Å². The molecule has 0 saturated carbocycles. The zero-order chi connectivity index (χ0) is 10.8. The van der Waals surface area contributed by atoms with Crippen LogP contribution in [0.2, 0.25) is 0 Å². The Hall–Kier alpha value is 0.860. The van der Waals surface area contributed by atoms with Crippen molar-refractivity contribution in [1.29, 1.82) is 0 Å². The Labute approximate surface area is 110 Å². The summed E-state index contributed by atoms with van der Waals surface area (Å²) in [6, 6.07) is 0. The molecule has 1 heterocycles. The van der Waals surface area contributed by atoms with Gasteiger partial charge in [0.05, 0.1) is 6.10 Å². The van der Waals surface area contributed by atoms with Gasteiger partial charge in [0.2, 0.25) is 0 Å². The first kappa shape index (κ1) is 15.9. The zero-order valence-electron chi connectivity index (χ0n) is 8.25. The smallest absolute Gasteiger partial charge is 0.772 e. The Morgan fingerprint density at radius 3 is 2.47 bits per heavy atom. The third-order valence-corrected chi connectivity index (χ3v) is 2.68. The largest absolute Gasteiger partial charge is 1.00 e. The van der Waals surface area contributed by atoms with Crippen molar-refractivity contribution < 1.29 is 56.2 Å². The van der Waals surface area contributed by atoms with Crippen molar-refractivity contribution in [3.05, 3.63) is 0 Å². The summed E-state index contributed by atoms with van der Waals surface area (Å²) in [6.45, 7) is 0. The van der Waals surface area contributed by atoms with Crippen LogP contribution in [0.5, 0.6) is 0 Å². The van der Waals surface area contributed by atoms with Crippen molar-refractivity contribution >= 4 is 11.1 Å². The average molecular weight is 254 g/mol. The Morgan fingerprint density at radius 1 is 1.40 bits per heavy atom. The summed E-state index contributed by atoms with van der Waals surface area (Å²) >= 11 is -2.35. The fourth-order valence-corrected chi connectivity index (χ4v) is 1.96. The van der Waals surface area contributed by atoms with E-state index in [1.165, 1.54) is 0 Å². The summed E-state index contributed by atoms with van der Waals surface area (Å²) in [7, 11) is 0. The van der Waals surface area contributed by atoms with Crippen molar-refractivity contribution in [1.82, 2.24) is 0 Å². The quantitative estimate of drug-likeness (QED) is 0.439. The molecule has 0 spiro atoms. The SMILES string of the molecule is O=S([O-])CC1CCCC(C(F)(F)F)O1.[Na+]. The van der Waals surface area contributed by atoms with E-state index in [0.29, 0.717) is 12.8 Å². The molecule has 0 radical (unpaired) electrons. The molecule has 0 aliphatic carbocycles. The minimum Gasteiger partial charge on any atom is -0.772 e. The molecular weight excluding hydrogens is 244 g/mol. The van der Waals surface area contributed by atoms with Crippen LogP contribution in [0.25, 0.3) is 0 Å². The van der Waals surface area contributed by atoms with Crippen molar-refractivity contribution in [2.75, 3.05) is 5.75 Å². The van der Waals surface area contributed by atoms with E-state index < -0.39 is 29.5 Å². The molecule has 0 N–H and O–H groups in total. The number of rotatable bonds is 2. The van der Waals surface area contributed by atoms with Crippen molar-refractivity contribution in [3.8, 4) is 0 Å². The summed E-state index contributed by atoms with van der Waals surface area (Å²) in [4.78, 5) is 0. The maximum atomic E-state index is 12.2. The molecule has 0 aromatic heterocycles. The van der Waals surface area contributed by atoms with E-state index in [4.69, 9.17) is 0 Å². The topological polar surface area (TPSA) is 49.4 Å². The molecule has 1 aliphatic rings. The molecule has 84 valence electrons. The normalized spacial score (nSPS) is 29.3. The summed E-state index contributed by atoms with van der Waals surface area (Å²) in [6.07, 6.45) is -6.35. The van der Waals surface area contributed by atoms with Gasteiger partial charge in [0.1, 0.15) is 0 Å². The Kier molecular flexibility index (Phi) is 6.94. The minimum absolute atomic E-state index is 0. The van der Waals surface area contributed by atoms with E-state index in [1.54, 1.807) is 0 Å². The van der Waals surface area contributed by atoms with Gasteiger partial charge in [-0.3, -0.25) is 4.21 Å². The molecule has 3 nitrogen and oxygen atoms in total. The molecule has 8 heteroatoms. The monoisotopic (exact) mass is 254 g/mol. The molecule has 1 fully saturated rings. The number of hydrogen-bond donors (Lipinski definition) is 0. The second kappa shape index (κ2) is 6.56. The van der Waals surface area contributed by atoms with Crippen LogP contribution in [0.15, 0.2) is 0 Å². The zero-order valence-corrected chi connectivity index (χ0v) is 11.1. The molecule has 1 saturated heterocycles. The Morgan fingerprint density at radius 2 is 2.00 bits per heavy atom. The van der Waals surface area contributed by atoms with E-state index in [9.17, 15) is 21.9 Å². The second-order valence-electron chi connectivity index (χ2n) is 3.19. The van der Waals surface area contributed by atoms with Gasteiger partial charge in [-0.2, -0.15) is 13.2 Å². The summed E-state index contributed by atoms with van der Waals surface area (Å²) < 4.78 is 61.7. The van der Waals surface area contributed by atoms with Gasteiger partial charge in [0.15, 0.2) is 6.10 Å². The van der Waals surface area contributed by atoms with Gasteiger partial charge in [-0.1, -0.05) is 11.1 Å². The van der Waals surface area contributed by atoms with Crippen LogP contribution >= 0.6 is 0 Å². The fraction of sp³-hybridized carbons (Fsp3) is 1.00. The average Bonchev–Trinajstić information content (AvgIpc) is 2.01. The molecule has 3 atom stereocenters. The van der Waals surface area contributed by atoms with E-state index in [2.05, 4.69) is 4.74 Å². The summed E-state index contributed by atoms with van der Waals surface area (Å²) in [5, 5.41) is 0. The molecule has 1 rings (SSSR count). The van der Waals surface area contributed by atoms with Gasteiger partial charge in [0.25, 0.3) is 0 Å². The number of halogens is 3. The molecule has 0 bridgehead atoms. The Balaban J connectivity index is 0.00000196. The molecule has 0 aromatic rings. The standard InChI is InChI=1S/C7H11F3O3S.Na/c8-7(9,10)6-3-1-2-5(13-6)4-14(11)12;/h5-6H,1-4H2,(H,11,12);/q;+1/p-1. The van der Waals surface area contributed by atoms with Crippen molar-refractivity contribution in [2.24, 2.45) is 0 Å². The van der Waals surface area contributed by atoms with Crippen molar-refractivity contribution in [3.63, 3.8) is 0 Å². The number of alkyl halides is 3. The van der Waals surface area contributed by atoms with Crippen LogP contribution in [0.1, 0.15) is 19.3 Å². The van der Waals surface area contributed by atoms with Gasteiger partial charge in [0, 0.05) is 5.75 Å². The predicted octanol–water partition coefficient (Wildman–Crippen LogP) is -1.63. The number of ether oxygens (including phenoxy) is 1. The molecule has 0 amide bonds. The van der Waals surface area contributed by atoms with Gasteiger partial charge < -0.3 is 9.29 Å². The van der Waals surface area contributed by atoms with Crippen LogP contribution in [0.3, 0.4) is 0 Å². The summed E-state index contributed by atoms with van der Waals surface area (Å²) in [5.41, 5.74) is 0. The van der Waals surface area contributed by atoms with Crippen molar-refractivity contribution in [2.45, 2.75) is 37.6 Å². The molecule has 0 aromatic carbocycles. The Bertz CT molecular complexity index is 224. The molecule has 1 aliphatic heterocycles. The van der Waals surface area contributed by atoms with E-state index in [-0.39, 0.29) is 41.7 Å². The minimum atomic E-state index is -4.39. The molecule has 3 unspecified atom stereocenters. The van der Waals surface area contributed by atoms with Crippen LogP contribution in [-0.2, 0) is 15.8 Å². The molecule has 15 heavy (non-hydrogen) atoms. The van der Waals surface area contributed by atoms with E-state index in [0.717, 1.165) is 0 Å². The van der Waals surface area contributed by atoms with E-state index >= 15 is 0 Å². The van der Waals surface area contributed by atoms with Crippen LogP contribution in [-0.4, -0.2) is 32.9 Å². The predicted molar refractivity (Wildman–Crippen MR) is 42.4 cm³/mol. The maximum absolute atomic E-state index is 12.2. The van der Waals surface area contributed by atoms with E-state index in [1.807, 2.05) is 0 Å². The third kappa shape index (κ3) is 5.65. The van der Waals surface area contributed by atoms with Crippen LogP contribution < -0.4 is 29.6 Å². The third-order valence-electron chi connectivity index (χ3n) is 2.04. The fourth-order valence-electron chi connectivity index (χ4n) is 1.41. The second-order valence-corrected chi connectivity index (χ2v) is 4.13. The van der Waals surface area contributed by atoms with Crippen LogP contribution in [0.4, 0.5) is 13.2 Å². The number of hydrogen-bond acceptors (Lipinski definition) is 3. The van der Waals surface area contributed by atoms with Crippen LogP contribution in [0, 0.1) is 0 Å². The van der Waals surface area contributed by atoms with Gasteiger partial charge in [-0.25, -0.2) is 0 Å². The first-order valence-corrected chi connectivity index (χ1v) is 5.42. The first-order chi connectivity index (χ1) is 6.39. The first-order valence-electron chi connectivity index (χ1n) is 4.17. The van der Waals surface area contributed by atoms with Gasteiger partial charge in [-0.05, 0) is 19.3 Å². The summed E-state index contributed by atoms with van der Waals surface area (Å²) in [5.74, 6) is -0.355. The maximum Gasteiger partial charge on any atom is 1.00 e. The molecular formula is C7H10F3NaO3S. The van der Waals surface area contributed by atoms with Gasteiger partial charge >= 0.3 is 35.7 Å².